The Balaban J connectivity index is 2.39. The molecular formula is C9H4BrClF2N4O2S. The van der Waals surface area contributed by atoms with E-state index in [0.29, 0.717) is 15.8 Å². The van der Waals surface area contributed by atoms with Crippen molar-refractivity contribution in [3.8, 4) is 0 Å². The topological polar surface area (TPSA) is 81.0 Å². The van der Waals surface area contributed by atoms with Crippen molar-refractivity contribution in [2.75, 3.05) is 5.32 Å². The van der Waals surface area contributed by atoms with Gasteiger partial charge in [0.2, 0.25) is 5.13 Å². The molecule has 0 spiro atoms. The van der Waals surface area contributed by atoms with Crippen molar-refractivity contribution in [3.05, 3.63) is 36.8 Å². The molecule has 0 atom stereocenters. The molecule has 1 heterocycles. The van der Waals surface area contributed by atoms with Gasteiger partial charge in [0.1, 0.15) is 10.7 Å². The maximum absolute atomic E-state index is 12.4. The first kappa shape index (κ1) is 15.0. The second-order valence-corrected chi connectivity index (χ2v) is 5.74. The standard InChI is InChI=1S/C9H4BrClF2N4O2S/c10-3-1-4(11)6(17(18)19)5(2-3)14-9-16-15-8(20-9)7(12)13/h1-2,7H,(H,14,16). The summed E-state index contributed by atoms with van der Waals surface area (Å²) in [5, 5.41) is 19.7. The van der Waals surface area contributed by atoms with Gasteiger partial charge in [0, 0.05) is 4.47 Å². The first-order valence-corrected chi connectivity index (χ1v) is 6.89. The molecule has 2 aromatic rings. The SMILES string of the molecule is O=[N+]([O-])c1c(Cl)cc(Br)cc1Nc1nnc(C(F)F)s1. The molecule has 0 fully saturated rings. The Morgan fingerprint density at radius 1 is 1.45 bits per heavy atom. The molecule has 20 heavy (non-hydrogen) atoms. The first-order chi connectivity index (χ1) is 9.38. The summed E-state index contributed by atoms with van der Waals surface area (Å²) in [6, 6.07) is 2.75. The van der Waals surface area contributed by atoms with Crippen molar-refractivity contribution >= 4 is 55.4 Å². The number of hydrogen-bond donors (Lipinski definition) is 1. The molecule has 0 aliphatic rings. The van der Waals surface area contributed by atoms with E-state index in [1.165, 1.54) is 12.1 Å². The van der Waals surface area contributed by atoms with E-state index in [9.17, 15) is 18.9 Å². The Labute approximate surface area is 128 Å². The van der Waals surface area contributed by atoms with Crippen LogP contribution < -0.4 is 5.32 Å². The van der Waals surface area contributed by atoms with Crippen LogP contribution in [0.4, 0.5) is 25.3 Å². The van der Waals surface area contributed by atoms with Gasteiger partial charge in [-0.2, -0.15) is 0 Å². The van der Waals surface area contributed by atoms with Gasteiger partial charge in [0.15, 0.2) is 5.01 Å². The molecule has 1 aromatic carbocycles. The Bertz CT molecular complexity index is 669. The number of nitro groups is 1. The van der Waals surface area contributed by atoms with Gasteiger partial charge in [0.25, 0.3) is 6.43 Å². The number of nitro benzene ring substituents is 1. The average Bonchev–Trinajstić information content (AvgIpc) is 2.75. The van der Waals surface area contributed by atoms with Gasteiger partial charge in [-0.05, 0) is 12.1 Å². The van der Waals surface area contributed by atoms with Crippen molar-refractivity contribution in [3.63, 3.8) is 0 Å². The van der Waals surface area contributed by atoms with Crippen LogP contribution in [0, 0.1) is 10.1 Å². The smallest absolute Gasteiger partial charge is 0.311 e. The molecule has 0 saturated carbocycles. The van der Waals surface area contributed by atoms with Gasteiger partial charge in [-0.3, -0.25) is 10.1 Å². The largest absolute Gasteiger partial charge is 0.324 e. The number of aromatic nitrogens is 2. The number of rotatable bonds is 4. The van der Waals surface area contributed by atoms with Crippen molar-refractivity contribution in [2.45, 2.75) is 6.43 Å². The van der Waals surface area contributed by atoms with Crippen LogP contribution in [-0.2, 0) is 0 Å². The Morgan fingerprint density at radius 2 is 2.15 bits per heavy atom. The van der Waals surface area contributed by atoms with E-state index in [4.69, 9.17) is 11.6 Å². The fraction of sp³-hybridized carbons (Fsp3) is 0.111. The zero-order valence-electron chi connectivity index (χ0n) is 9.31. The highest BCUT2D eigenvalue weighted by Gasteiger charge is 2.22. The third-order valence-corrected chi connectivity index (χ3v) is 3.67. The van der Waals surface area contributed by atoms with Gasteiger partial charge < -0.3 is 5.32 Å². The van der Waals surface area contributed by atoms with Gasteiger partial charge in [-0.1, -0.05) is 38.9 Å². The summed E-state index contributed by atoms with van der Waals surface area (Å²) in [4.78, 5) is 10.3. The molecule has 1 N–H and O–H groups in total. The Hall–Kier alpha value is -1.39. The summed E-state index contributed by atoms with van der Waals surface area (Å²) in [6.07, 6.45) is -2.75. The predicted octanol–water partition coefficient (Wildman–Crippen LogP) is 4.54. The predicted molar refractivity (Wildman–Crippen MR) is 74.0 cm³/mol. The molecular weight excluding hydrogens is 382 g/mol. The lowest BCUT2D eigenvalue weighted by atomic mass is 10.2. The fourth-order valence-corrected chi connectivity index (χ4v) is 2.82. The van der Waals surface area contributed by atoms with Crippen LogP contribution in [0.2, 0.25) is 5.02 Å². The lowest BCUT2D eigenvalue weighted by Gasteiger charge is -2.05. The zero-order valence-corrected chi connectivity index (χ0v) is 12.5. The molecule has 106 valence electrons. The van der Waals surface area contributed by atoms with Gasteiger partial charge in [-0.25, -0.2) is 8.78 Å². The zero-order chi connectivity index (χ0) is 14.9. The summed E-state index contributed by atoms with van der Waals surface area (Å²) in [5.41, 5.74) is -0.338. The molecule has 6 nitrogen and oxygen atoms in total. The molecule has 0 unspecified atom stereocenters. The minimum atomic E-state index is -2.75. The fourth-order valence-electron chi connectivity index (χ4n) is 1.34. The monoisotopic (exact) mass is 384 g/mol. The molecule has 0 aliphatic heterocycles. The van der Waals surface area contributed by atoms with E-state index in [1.807, 2.05) is 0 Å². The average molecular weight is 386 g/mol. The number of halogens is 4. The van der Waals surface area contributed by atoms with Crippen molar-refractivity contribution in [1.82, 2.24) is 10.2 Å². The van der Waals surface area contributed by atoms with Crippen molar-refractivity contribution in [2.24, 2.45) is 0 Å². The van der Waals surface area contributed by atoms with E-state index in [0.717, 1.165) is 0 Å². The number of nitrogens with zero attached hydrogens (tertiary/aromatic N) is 3. The third-order valence-electron chi connectivity index (χ3n) is 2.08. The molecule has 0 aliphatic carbocycles. The normalized spacial score (nSPS) is 10.8. The second-order valence-electron chi connectivity index (χ2n) is 3.41. The third kappa shape index (κ3) is 3.19. The molecule has 0 saturated heterocycles. The first-order valence-electron chi connectivity index (χ1n) is 4.90. The number of anilines is 2. The summed E-state index contributed by atoms with van der Waals surface area (Å²) in [5.74, 6) is 0. The Morgan fingerprint density at radius 3 is 2.70 bits per heavy atom. The van der Waals surface area contributed by atoms with Crippen LogP contribution in [0.25, 0.3) is 0 Å². The van der Waals surface area contributed by atoms with Gasteiger partial charge in [-0.15, -0.1) is 10.2 Å². The van der Waals surface area contributed by atoms with E-state index < -0.39 is 16.4 Å². The summed E-state index contributed by atoms with van der Waals surface area (Å²) in [6.45, 7) is 0. The van der Waals surface area contributed by atoms with Gasteiger partial charge >= 0.3 is 5.69 Å². The minimum absolute atomic E-state index is 0.0116. The summed E-state index contributed by atoms with van der Waals surface area (Å²) < 4.78 is 25.3. The molecule has 0 radical (unpaired) electrons. The van der Waals surface area contributed by atoms with Crippen LogP contribution in [0.15, 0.2) is 16.6 Å². The van der Waals surface area contributed by atoms with Crippen LogP contribution in [0.5, 0.6) is 0 Å². The highest BCUT2D eigenvalue weighted by atomic mass is 79.9. The maximum atomic E-state index is 12.4. The number of nitrogens with one attached hydrogen (secondary N) is 1. The minimum Gasteiger partial charge on any atom is -0.324 e. The van der Waals surface area contributed by atoms with Crippen LogP contribution in [0.1, 0.15) is 11.4 Å². The molecule has 0 amide bonds. The molecule has 0 bridgehead atoms. The van der Waals surface area contributed by atoms with E-state index in [-0.39, 0.29) is 21.5 Å². The van der Waals surface area contributed by atoms with Crippen molar-refractivity contribution < 1.29 is 13.7 Å². The molecule has 11 heteroatoms. The van der Waals surface area contributed by atoms with E-state index >= 15 is 0 Å². The maximum Gasteiger partial charge on any atom is 0.311 e. The van der Waals surface area contributed by atoms with Crippen molar-refractivity contribution in [1.29, 1.82) is 0 Å². The quantitative estimate of drug-likeness (QED) is 0.617. The summed E-state index contributed by atoms with van der Waals surface area (Å²) >= 11 is 9.53. The highest BCUT2D eigenvalue weighted by Crippen LogP contribution is 2.38. The molecule has 1 aromatic heterocycles. The van der Waals surface area contributed by atoms with E-state index in [1.54, 1.807) is 0 Å². The lowest BCUT2D eigenvalue weighted by Crippen LogP contribution is -1.98. The van der Waals surface area contributed by atoms with Crippen LogP contribution in [-0.4, -0.2) is 15.1 Å². The summed E-state index contributed by atoms with van der Waals surface area (Å²) in [7, 11) is 0. The number of benzene rings is 1. The Kier molecular flexibility index (Phi) is 4.45. The second kappa shape index (κ2) is 5.94. The van der Waals surface area contributed by atoms with Crippen LogP contribution in [0.3, 0.4) is 0 Å². The highest BCUT2D eigenvalue weighted by molar-refractivity contribution is 9.10. The number of hydrogen-bond acceptors (Lipinski definition) is 6. The van der Waals surface area contributed by atoms with Crippen LogP contribution >= 0.6 is 38.9 Å². The van der Waals surface area contributed by atoms with E-state index in [2.05, 4.69) is 31.4 Å². The van der Waals surface area contributed by atoms with Gasteiger partial charge in [0.05, 0.1) is 4.92 Å². The molecule has 2 rings (SSSR count). The lowest BCUT2D eigenvalue weighted by molar-refractivity contribution is -0.383. The number of alkyl halides is 2.